The summed E-state index contributed by atoms with van der Waals surface area (Å²) in [6.45, 7) is 0. The molecule has 1 aromatic carbocycles. The summed E-state index contributed by atoms with van der Waals surface area (Å²) in [5, 5.41) is 4.99. The van der Waals surface area contributed by atoms with E-state index in [1.807, 2.05) is 0 Å². The Bertz CT molecular complexity index is 580. The summed E-state index contributed by atoms with van der Waals surface area (Å²) < 4.78 is 5.18. The number of halogens is 2. The molecule has 0 saturated heterocycles. The van der Waals surface area contributed by atoms with Crippen molar-refractivity contribution in [1.82, 2.24) is 10.1 Å². The fourth-order valence-corrected chi connectivity index (χ4v) is 2.29. The van der Waals surface area contributed by atoms with Crippen LogP contribution < -0.4 is 5.73 Å². The molecule has 2 N–H and O–H groups in total. The second-order valence-corrected chi connectivity index (χ2v) is 5.25. The predicted octanol–water partition coefficient (Wildman–Crippen LogP) is 3.30. The molecule has 6 heteroatoms. The molecular weight excluding hydrogens is 273 g/mol. The molecule has 1 fully saturated rings. The lowest BCUT2D eigenvalue weighted by molar-refractivity contribution is 0.372. The van der Waals surface area contributed by atoms with Crippen molar-refractivity contribution >= 4 is 23.2 Å². The van der Waals surface area contributed by atoms with Gasteiger partial charge in [0.25, 0.3) is 0 Å². The van der Waals surface area contributed by atoms with Crippen LogP contribution in [0.25, 0.3) is 0 Å². The Balaban J connectivity index is 1.89. The molecule has 1 atom stereocenters. The van der Waals surface area contributed by atoms with Crippen molar-refractivity contribution < 1.29 is 4.52 Å². The average molecular weight is 284 g/mol. The lowest BCUT2D eigenvalue weighted by atomic mass is 10.1. The van der Waals surface area contributed by atoms with E-state index in [4.69, 9.17) is 33.5 Å². The fourth-order valence-electron chi connectivity index (χ4n) is 1.76. The van der Waals surface area contributed by atoms with Gasteiger partial charge in [0.1, 0.15) is 0 Å². The molecule has 0 amide bonds. The smallest absolute Gasteiger partial charge is 0.229 e. The van der Waals surface area contributed by atoms with Crippen molar-refractivity contribution in [2.24, 2.45) is 5.73 Å². The number of hydrogen-bond donors (Lipinski definition) is 1. The quantitative estimate of drug-likeness (QED) is 0.939. The second kappa shape index (κ2) is 4.53. The molecule has 1 aromatic heterocycles. The molecule has 0 bridgehead atoms. The van der Waals surface area contributed by atoms with Gasteiger partial charge in [-0.15, -0.1) is 0 Å². The van der Waals surface area contributed by atoms with Crippen molar-refractivity contribution in [2.45, 2.75) is 24.8 Å². The number of benzene rings is 1. The Hall–Kier alpha value is -1.10. The summed E-state index contributed by atoms with van der Waals surface area (Å²) in [5.41, 5.74) is 6.83. The van der Waals surface area contributed by atoms with Gasteiger partial charge in [-0.2, -0.15) is 4.98 Å². The maximum Gasteiger partial charge on any atom is 0.229 e. The summed E-state index contributed by atoms with van der Waals surface area (Å²) in [4.78, 5) is 4.32. The number of nitrogens with zero attached hydrogens (tertiary/aromatic N) is 2. The van der Waals surface area contributed by atoms with Crippen molar-refractivity contribution in [2.75, 3.05) is 0 Å². The van der Waals surface area contributed by atoms with Gasteiger partial charge < -0.3 is 10.3 Å². The maximum absolute atomic E-state index is 6.11. The van der Waals surface area contributed by atoms with Crippen LogP contribution in [0.4, 0.5) is 0 Å². The SMILES string of the molecule is NC(c1noc(C2CC2)n1)c1ccc(Cl)cc1Cl. The van der Waals surface area contributed by atoms with E-state index >= 15 is 0 Å². The van der Waals surface area contributed by atoms with E-state index in [0.717, 1.165) is 18.4 Å². The Morgan fingerprint density at radius 3 is 2.78 bits per heavy atom. The number of aromatic nitrogens is 2. The van der Waals surface area contributed by atoms with Crippen molar-refractivity contribution in [3.05, 3.63) is 45.5 Å². The molecule has 0 radical (unpaired) electrons. The van der Waals surface area contributed by atoms with Gasteiger partial charge in [0.05, 0.1) is 6.04 Å². The Morgan fingerprint density at radius 1 is 1.33 bits per heavy atom. The third-order valence-corrected chi connectivity index (χ3v) is 3.52. The molecule has 1 aliphatic rings. The Labute approximate surface area is 114 Å². The normalized spacial score (nSPS) is 16.8. The van der Waals surface area contributed by atoms with E-state index in [1.165, 1.54) is 0 Å². The molecule has 4 nitrogen and oxygen atoms in total. The van der Waals surface area contributed by atoms with Gasteiger partial charge in [0.2, 0.25) is 5.89 Å². The minimum atomic E-state index is -0.494. The lowest BCUT2D eigenvalue weighted by Gasteiger charge is -2.09. The van der Waals surface area contributed by atoms with Crippen molar-refractivity contribution in [3.8, 4) is 0 Å². The Morgan fingerprint density at radius 2 is 2.11 bits per heavy atom. The van der Waals surface area contributed by atoms with E-state index in [2.05, 4.69) is 10.1 Å². The molecular formula is C12H11Cl2N3O. The molecule has 3 rings (SSSR count). The number of hydrogen-bond acceptors (Lipinski definition) is 4. The summed E-state index contributed by atoms with van der Waals surface area (Å²) in [6, 6.07) is 4.68. The van der Waals surface area contributed by atoms with Crippen LogP contribution in [0.15, 0.2) is 22.7 Å². The first-order valence-electron chi connectivity index (χ1n) is 5.69. The Kier molecular flexibility index (Phi) is 3.01. The first-order chi connectivity index (χ1) is 8.65. The van der Waals surface area contributed by atoms with Gasteiger partial charge in [-0.3, -0.25) is 0 Å². The van der Waals surface area contributed by atoms with Gasteiger partial charge in [0.15, 0.2) is 5.82 Å². The van der Waals surface area contributed by atoms with Crippen LogP contribution in [0.5, 0.6) is 0 Å². The highest BCUT2D eigenvalue weighted by atomic mass is 35.5. The van der Waals surface area contributed by atoms with Crippen LogP contribution in [0, 0.1) is 0 Å². The van der Waals surface area contributed by atoms with Crippen LogP contribution in [-0.4, -0.2) is 10.1 Å². The summed E-state index contributed by atoms with van der Waals surface area (Å²) in [5.74, 6) is 1.55. The highest BCUT2D eigenvalue weighted by molar-refractivity contribution is 6.35. The molecule has 1 heterocycles. The third-order valence-electron chi connectivity index (χ3n) is 2.96. The van der Waals surface area contributed by atoms with Crippen molar-refractivity contribution in [3.63, 3.8) is 0 Å². The number of rotatable bonds is 3. The summed E-state index contributed by atoms with van der Waals surface area (Å²) in [7, 11) is 0. The third kappa shape index (κ3) is 2.23. The zero-order valence-electron chi connectivity index (χ0n) is 9.44. The average Bonchev–Trinajstić information content (AvgIpc) is 3.06. The molecule has 0 aliphatic heterocycles. The molecule has 18 heavy (non-hydrogen) atoms. The van der Waals surface area contributed by atoms with Crippen LogP contribution in [0.3, 0.4) is 0 Å². The van der Waals surface area contributed by atoms with E-state index in [-0.39, 0.29) is 0 Å². The minimum absolute atomic E-state index is 0.416. The maximum atomic E-state index is 6.11. The topological polar surface area (TPSA) is 64.9 Å². The highest BCUT2D eigenvalue weighted by Crippen LogP contribution is 2.39. The fraction of sp³-hybridized carbons (Fsp3) is 0.333. The standard InChI is InChI=1S/C12H11Cl2N3O/c13-7-3-4-8(9(14)5-7)10(15)11-16-12(18-17-11)6-1-2-6/h3-6,10H,1-2,15H2. The van der Waals surface area contributed by atoms with Gasteiger partial charge >= 0.3 is 0 Å². The zero-order chi connectivity index (χ0) is 12.7. The van der Waals surface area contributed by atoms with E-state index in [1.54, 1.807) is 18.2 Å². The summed E-state index contributed by atoms with van der Waals surface area (Å²) >= 11 is 12.0. The van der Waals surface area contributed by atoms with Gasteiger partial charge in [-0.05, 0) is 30.5 Å². The molecule has 1 unspecified atom stereocenters. The van der Waals surface area contributed by atoms with E-state index < -0.39 is 6.04 Å². The van der Waals surface area contributed by atoms with E-state index in [9.17, 15) is 0 Å². The highest BCUT2D eigenvalue weighted by Gasteiger charge is 2.30. The zero-order valence-corrected chi connectivity index (χ0v) is 10.9. The summed E-state index contributed by atoms with van der Waals surface area (Å²) in [6.07, 6.45) is 2.22. The van der Waals surface area contributed by atoms with Crippen LogP contribution in [0.1, 0.15) is 42.1 Å². The second-order valence-electron chi connectivity index (χ2n) is 4.41. The monoisotopic (exact) mass is 283 g/mol. The van der Waals surface area contributed by atoms with Crippen LogP contribution in [-0.2, 0) is 0 Å². The minimum Gasteiger partial charge on any atom is -0.339 e. The molecule has 1 aliphatic carbocycles. The first-order valence-corrected chi connectivity index (χ1v) is 6.45. The molecule has 1 saturated carbocycles. The molecule has 2 aromatic rings. The van der Waals surface area contributed by atoms with Gasteiger partial charge in [-0.25, -0.2) is 0 Å². The van der Waals surface area contributed by atoms with E-state index in [0.29, 0.717) is 27.7 Å². The number of nitrogens with two attached hydrogens (primary N) is 1. The molecule has 94 valence electrons. The van der Waals surface area contributed by atoms with Crippen LogP contribution >= 0.6 is 23.2 Å². The lowest BCUT2D eigenvalue weighted by Crippen LogP contribution is -2.14. The predicted molar refractivity (Wildman–Crippen MR) is 68.8 cm³/mol. The first kappa shape index (κ1) is 12.0. The molecule has 0 spiro atoms. The van der Waals surface area contributed by atoms with Crippen molar-refractivity contribution in [1.29, 1.82) is 0 Å². The van der Waals surface area contributed by atoms with Gasteiger partial charge in [0, 0.05) is 16.0 Å². The van der Waals surface area contributed by atoms with Gasteiger partial charge in [-0.1, -0.05) is 34.4 Å². The largest absolute Gasteiger partial charge is 0.339 e. The van der Waals surface area contributed by atoms with Crippen LogP contribution in [0.2, 0.25) is 10.0 Å².